The lowest BCUT2D eigenvalue weighted by Gasteiger charge is -2.30. The van der Waals surface area contributed by atoms with Crippen LogP contribution in [-0.4, -0.2) is 31.5 Å². The van der Waals surface area contributed by atoms with E-state index in [4.69, 9.17) is 0 Å². The lowest BCUT2D eigenvalue weighted by atomic mass is 10.1. The predicted octanol–water partition coefficient (Wildman–Crippen LogP) is 3.09. The number of nitrogens with one attached hydrogen (secondary N) is 1. The number of anilines is 2. The summed E-state index contributed by atoms with van der Waals surface area (Å²) in [5, 5.41) is 13.6. The van der Waals surface area contributed by atoms with E-state index in [1.807, 2.05) is 0 Å². The number of benzene rings is 2. The fourth-order valence-corrected chi connectivity index (χ4v) is 3.92. The number of nitro groups is 1. The quantitative estimate of drug-likeness (QED) is 0.576. The van der Waals surface area contributed by atoms with Crippen molar-refractivity contribution in [1.82, 2.24) is 0 Å². The van der Waals surface area contributed by atoms with Crippen LogP contribution in [0.1, 0.15) is 18.9 Å². The molecule has 0 aliphatic rings. The Morgan fingerprint density at radius 3 is 2.37 bits per heavy atom. The molecule has 9 heteroatoms. The van der Waals surface area contributed by atoms with Gasteiger partial charge in [-0.1, -0.05) is 31.2 Å². The summed E-state index contributed by atoms with van der Waals surface area (Å²) >= 11 is 0. The minimum atomic E-state index is -3.73. The number of sulfonamides is 1. The minimum absolute atomic E-state index is 0.160. The normalized spacial score (nSPS) is 12.3. The summed E-state index contributed by atoms with van der Waals surface area (Å²) in [5.74, 6) is -0.560. The molecular weight excluding hydrogens is 370 g/mol. The molecule has 2 aromatic rings. The molecule has 0 heterocycles. The Bertz CT molecular complexity index is 945. The van der Waals surface area contributed by atoms with E-state index in [0.717, 1.165) is 10.6 Å². The minimum Gasteiger partial charge on any atom is -0.324 e. The van der Waals surface area contributed by atoms with Gasteiger partial charge in [-0.15, -0.1) is 0 Å². The molecule has 0 aliphatic carbocycles. The van der Waals surface area contributed by atoms with E-state index >= 15 is 0 Å². The van der Waals surface area contributed by atoms with Gasteiger partial charge in [-0.2, -0.15) is 0 Å². The molecule has 0 spiro atoms. The van der Waals surface area contributed by atoms with E-state index in [0.29, 0.717) is 11.3 Å². The average molecular weight is 391 g/mol. The smallest absolute Gasteiger partial charge is 0.271 e. The van der Waals surface area contributed by atoms with Gasteiger partial charge in [0.05, 0.1) is 22.6 Å². The zero-order chi connectivity index (χ0) is 20.2. The second-order valence-corrected chi connectivity index (χ2v) is 7.92. The second kappa shape index (κ2) is 8.17. The van der Waals surface area contributed by atoms with Gasteiger partial charge in [0.25, 0.3) is 5.69 Å². The van der Waals surface area contributed by atoms with Crippen LogP contribution in [0, 0.1) is 17.0 Å². The Balaban J connectivity index is 2.40. The number of hydrogen-bond acceptors (Lipinski definition) is 5. The van der Waals surface area contributed by atoms with Gasteiger partial charge in [-0.25, -0.2) is 8.42 Å². The molecule has 1 N–H and O–H groups in total. The molecule has 0 saturated heterocycles. The van der Waals surface area contributed by atoms with Crippen LogP contribution in [0.2, 0.25) is 0 Å². The molecule has 0 aliphatic heterocycles. The number of aryl methyl sites for hydroxylation is 1. The molecule has 0 unspecified atom stereocenters. The van der Waals surface area contributed by atoms with Crippen molar-refractivity contribution in [3.05, 3.63) is 64.2 Å². The first-order valence-electron chi connectivity index (χ1n) is 8.25. The molecule has 0 fully saturated rings. The number of nitro benzene ring substituents is 1. The van der Waals surface area contributed by atoms with Crippen molar-refractivity contribution in [2.75, 3.05) is 15.9 Å². The van der Waals surface area contributed by atoms with Crippen molar-refractivity contribution in [1.29, 1.82) is 0 Å². The molecule has 27 heavy (non-hydrogen) atoms. The van der Waals surface area contributed by atoms with E-state index in [1.54, 1.807) is 44.2 Å². The molecule has 144 valence electrons. The number of carbonyl (C=O) groups excluding carboxylic acids is 1. The third-order valence-corrected chi connectivity index (χ3v) is 5.21. The monoisotopic (exact) mass is 391 g/mol. The molecular formula is C18H21N3O5S. The first-order valence-corrected chi connectivity index (χ1v) is 10.1. The molecule has 0 radical (unpaired) electrons. The van der Waals surface area contributed by atoms with Crippen molar-refractivity contribution in [3.8, 4) is 0 Å². The number of para-hydroxylation sites is 1. The van der Waals surface area contributed by atoms with E-state index in [2.05, 4.69) is 5.32 Å². The summed E-state index contributed by atoms with van der Waals surface area (Å²) in [7, 11) is -3.73. The van der Waals surface area contributed by atoms with Crippen LogP contribution in [0.5, 0.6) is 0 Å². The number of nitrogens with zero attached hydrogens (tertiary/aromatic N) is 2. The fourth-order valence-electron chi connectivity index (χ4n) is 2.71. The molecule has 1 atom stereocenters. The standard InChI is InChI=1S/C18H21N3O5S/c1-4-17(20(27(3,25)26)14-8-6-5-7-9-14)18(22)19-16-12-15(21(23)24)11-10-13(16)2/h5-12,17H,4H2,1-3H3,(H,19,22)/t17-/m0/s1. The number of non-ortho nitro benzene ring substituents is 1. The van der Waals surface area contributed by atoms with Crippen molar-refractivity contribution in [3.63, 3.8) is 0 Å². The van der Waals surface area contributed by atoms with Gasteiger partial charge in [-0.05, 0) is 31.0 Å². The summed E-state index contributed by atoms with van der Waals surface area (Å²) in [6.07, 6.45) is 1.26. The maximum atomic E-state index is 12.9. The summed E-state index contributed by atoms with van der Waals surface area (Å²) in [4.78, 5) is 23.3. The third kappa shape index (κ3) is 4.82. The van der Waals surface area contributed by atoms with Crippen molar-refractivity contribution < 1.29 is 18.1 Å². The highest BCUT2D eigenvalue weighted by Crippen LogP contribution is 2.25. The SMILES string of the molecule is CC[C@@H](C(=O)Nc1cc([N+](=O)[O-])ccc1C)N(c1ccccc1)S(C)(=O)=O. The van der Waals surface area contributed by atoms with Crippen LogP contribution in [0.15, 0.2) is 48.5 Å². The first kappa shape index (κ1) is 20.4. The number of rotatable bonds is 7. The van der Waals surface area contributed by atoms with Gasteiger partial charge in [0.1, 0.15) is 6.04 Å². The van der Waals surface area contributed by atoms with Crippen LogP contribution in [0.3, 0.4) is 0 Å². The third-order valence-electron chi connectivity index (χ3n) is 4.03. The molecule has 0 aromatic heterocycles. The highest BCUT2D eigenvalue weighted by molar-refractivity contribution is 7.92. The zero-order valence-corrected chi connectivity index (χ0v) is 16.1. The van der Waals surface area contributed by atoms with Crippen LogP contribution in [0.4, 0.5) is 17.1 Å². The Morgan fingerprint density at radius 2 is 1.85 bits per heavy atom. The van der Waals surface area contributed by atoms with Crippen LogP contribution < -0.4 is 9.62 Å². The van der Waals surface area contributed by atoms with Gasteiger partial charge in [0.2, 0.25) is 15.9 Å². The van der Waals surface area contributed by atoms with E-state index in [1.165, 1.54) is 18.2 Å². The first-order chi connectivity index (χ1) is 12.6. The topological polar surface area (TPSA) is 110 Å². The van der Waals surface area contributed by atoms with E-state index in [-0.39, 0.29) is 17.8 Å². The van der Waals surface area contributed by atoms with Crippen molar-refractivity contribution in [2.45, 2.75) is 26.3 Å². The Labute approximate surface area is 158 Å². The molecule has 2 rings (SSSR count). The molecule has 0 bridgehead atoms. The fraction of sp³-hybridized carbons (Fsp3) is 0.278. The van der Waals surface area contributed by atoms with Crippen LogP contribution >= 0.6 is 0 Å². The van der Waals surface area contributed by atoms with Gasteiger partial charge < -0.3 is 5.32 Å². The maximum Gasteiger partial charge on any atom is 0.271 e. The number of hydrogen-bond donors (Lipinski definition) is 1. The Morgan fingerprint density at radius 1 is 1.22 bits per heavy atom. The molecule has 8 nitrogen and oxygen atoms in total. The van der Waals surface area contributed by atoms with Crippen LogP contribution in [0.25, 0.3) is 0 Å². The van der Waals surface area contributed by atoms with Gasteiger partial charge >= 0.3 is 0 Å². The Kier molecular flexibility index (Phi) is 6.17. The lowest BCUT2D eigenvalue weighted by molar-refractivity contribution is -0.384. The van der Waals surface area contributed by atoms with Gasteiger partial charge in [0, 0.05) is 12.1 Å². The Hall–Kier alpha value is -2.94. The predicted molar refractivity (Wildman–Crippen MR) is 104 cm³/mol. The number of amides is 1. The van der Waals surface area contributed by atoms with Crippen molar-refractivity contribution in [2.24, 2.45) is 0 Å². The largest absolute Gasteiger partial charge is 0.324 e. The summed E-state index contributed by atoms with van der Waals surface area (Å²) in [5.41, 5.74) is 1.12. The lowest BCUT2D eigenvalue weighted by Crippen LogP contribution is -2.47. The average Bonchev–Trinajstić information content (AvgIpc) is 2.60. The highest BCUT2D eigenvalue weighted by Gasteiger charge is 2.31. The summed E-state index contributed by atoms with van der Waals surface area (Å²) < 4.78 is 25.8. The number of carbonyl (C=O) groups is 1. The summed E-state index contributed by atoms with van der Waals surface area (Å²) in [6, 6.07) is 11.5. The van der Waals surface area contributed by atoms with E-state index < -0.39 is 26.9 Å². The second-order valence-electron chi connectivity index (χ2n) is 6.06. The molecule has 1 amide bonds. The summed E-state index contributed by atoms with van der Waals surface area (Å²) in [6.45, 7) is 3.40. The van der Waals surface area contributed by atoms with E-state index in [9.17, 15) is 23.3 Å². The van der Waals surface area contributed by atoms with Gasteiger partial charge in [-0.3, -0.25) is 19.2 Å². The zero-order valence-electron chi connectivity index (χ0n) is 15.2. The maximum absolute atomic E-state index is 12.9. The van der Waals surface area contributed by atoms with Gasteiger partial charge in [0.15, 0.2) is 0 Å². The molecule has 0 saturated carbocycles. The highest BCUT2D eigenvalue weighted by atomic mass is 32.2. The molecule has 2 aromatic carbocycles. The van der Waals surface area contributed by atoms with Crippen molar-refractivity contribution >= 4 is 33.0 Å². The van der Waals surface area contributed by atoms with Crippen LogP contribution in [-0.2, 0) is 14.8 Å².